The minimum absolute atomic E-state index is 0.183. The summed E-state index contributed by atoms with van der Waals surface area (Å²) in [4.78, 5) is 8.51. The van der Waals surface area contributed by atoms with E-state index >= 15 is 0 Å². The second-order valence-electron chi connectivity index (χ2n) is 5.05. The van der Waals surface area contributed by atoms with Gasteiger partial charge in [-0.15, -0.1) is 0 Å². The van der Waals surface area contributed by atoms with Gasteiger partial charge in [-0.05, 0) is 5.41 Å². The zero-order valence-electron chi connectivity index (χ0n) is 10.9. The molecule has 6 nitrogen and oxygen atoms in total. The molecule has 1 rings (SSSR count). The van der Waals surface area contributed by atoms with Crippen molar-refractivity contribution in [2.75, 3.05) is 24.4 Å². The first-order chi connectivity index (χ1) is 7.94. The minimum atomic E-state index is 0.183. The molecule has 0 bridgehead atoms. The SMILES string of the molecule is COCc1nc(NN)cc(NCC(C)(C)C)n1. The van der Waals surface area contributed by atoms with Gasteiger partial charge in [0.05, 0.1) is 0 Å². The van der Waals surface area contributed by atoms with Crippen LogP contribution in [0.4, 0.5) is 11.6 Å². The quantitative estimate of drug-likeness (QED) is 0.531. The number of aromatic nitrogens is 2. The van der Waals surface area contributed by atoms with Crippen LogP contribution in [-0.4, -0.2) is 23.6 Å². The summed E-state index contributed by atoms with van der Waals surface area (Å²) in [5.41, 5.74) is 2.70. The minimum Gasteiger partial charge on any atom is -0.377 e. The van der Waals surface area contributed by atoms with Gasteiger partial charge in [-0.1, -0.05) is 20.8 Å². The molecule has 96 valence electrons. The Labute approximate surface area is 102 Å². The fraction of sp³-hybridized carbons (Fsp3) is 0.636. The third-order valence-corrected chi connectivity index (χ3v) is 1.99. The molecule has 0 fully saturated rings. The average molecular weight is 239 g/mol. The van der Waals surface area contributed by atoms with Gasteiger partial charge in [0.15, 0.2) is 5.82 Å². The lowest BCUT2D eigenvalue weighted by molar-refractivity contribution is 0.178. The van der Waals surface area contributed by atoms with E-state index in [1.807, 2.05) is 0 Å². The number of anilines is 2. The summed E-state index contributed by atoms with van der Waals surface area (Å²) in [6.07, 6.45) is 0. The first-order valence-electron chi connectivity index (χ1n) is 5.52. The maximum absolute atomic E-state index is 5.36. The van der Waals surface area contributed by atoms with Crippen LogP contribution in [0.15, 0.2) is 6.07 Å². The Morgan fingerprint density at radius 1 is 1.29 bits per heavy atom. The predicted molar refractivity (Wildman–Crippen MR) is 68.5 cm³/mol. The molecule has 0 aromatic carbocycles. The molecule has 0 aliphatic carbocycles. The summed E-state index contributed by atoms with van der Waals surface area (Å²) in [7, 11) is 1.61. The van der Waals surface area contributed by atoms with Gasteiger partial charge < -0.3 is 15.5 Å². The highest BCUT2D eigenvalue weighted by Gasteiger charge is 2.11. The van der Waals surface area contributed by atoms with Gasteiger partial charge in [0.1, 0.15) is 18.2 Å². The fourth-order valence-electron chi connectivity index (χ4n) is 1.21. The van der Waals surface area contributed by atoms with E-state index in [9.17, 15) is 0 Å². The molecule has 0 amide bonds. The molecule has 0 unspecified atom stereocenters. The van der Waals surface area contributed by atoms with Gasteiger partial charge in [-0.25, -0.2) is 15.8 Å². The van der Waals surface area contributed by atoms with Crippen LogP contribution in [0, 0.1) is 5.41 Å². The van der Waals surface area contributed by atoms with E-state index in [-0.39, 0.29) is 5.41 Å². The van der Waals surface area contributed by atoms with Crippen molar-refractivity contribution in [1.82, 2.24) is 9.97 Å². The topological polar surface area (TPSA) is 85.1 Å². The van der Waals surface area contributed by atoms with Crippen molar-refractivity contribution in [3.63, 3.8) is 0 Å². The fourth-order valence-corrected chi connectivity index (χ4v) is 1.21. The number of hydrogen-bond donors (Lipinski definition) is 3. The Balaban J connectivity index is 2.79. The molecule has 17 heavy (non-hydrogen) atoms. The van der Waals surface area contributed by atoms with E-state index in [1.54, 1.807) is 13.2 Å². The summed E-state index contributed by atoms with van der Waals surface area (Å²) >= 11 is 0. The Morgan fingerprint density at radius 2 is 1.94 bits per heavy atom. The monoisotopic (exact) mass is 239 g/mol. The summed E-state index contributed by atoms with van der Waals surface area (Å²) < 4.78 is 5.01. The van der Waals surface area contributed by atoms with E-state index in [0.717, 1.165) is 12.4 Å². The first-order valence-corrected chi connectivity index (χ1v) is 5.52. The van der Waals surface area contributed by atoms with E-state index in [4.69, 9.17) is 10.6 Å². The van der Waals surface area contributed by atoms with Crippen LogP contribution in [0.3, 0.4) is 0 Å². The highest BCUT2D eigenvalue weighted by atomic mass is 16.5. The Hall–Kier alpha value is -1.40. The number of nitrogens with one attached hydrogen (secondary N) is 2. The zero-order chi connectivity index (χ0) is 12.9. The molecule has 0 aliphatic rings. The lowest BCUT2D eigenvalue weighted by atomic mass is 9.97. The molecule has 0 aliphatic heterocycles. The van der Waals surface area contributed by atoms with Gasteiger partial charge in [0.2, 0.25) is 0 Å². The molecular weight excluding hydrogens is 218 g/mol. The van der Waals surface area contributed by atoms with Crippen molar-refractivity contribution in [1.29, 1.82) is 0 Å². The molecule has 4 N–H and O–H groups in total. The third kappa shape index (κ3) is 4.97. The van der Waals surface area contributed by atoms with Crippen molar-refractivity contribution in [3.05, 3.63) is 11.9 Å². The molecule has 0 atom stereocenters. The highest BCUT2D eigenvalue weighted by Crippen LogP contribution is 2.16. The number of nitrogens with two attached hydrogens (primary N) is 1. The Morgan fingerprint density at radius 3 is 2.47 bits per heavy atom. The van der Waals surface area contributed by atoms with E-state index in [0.29, 0.717) is 18.2 Å². The zero-order valence-corrected chi connectivity index (χ0v) is 10.9. The van der Waals surface area contributed by atoms with Gasteiger partial charge in [0.25, 0.3) is 0 Å². The maximum Gasteiger partial charge on any atom is 0.158 e. The number of methoxy groups -OCH3 is 1. The number of hydrogen-bond acceptors (Lipinski definition) is 6. The van der Waals surface area contributed by atoms with Crippen LogP contribution >= 0.6 is 0 Å². The number of nitrogens with zero attached hydrogens (tertiary/aromatic N) is 2. The molecule has 1 heterocycles. The van der Waals surface area contributed by atoms with Crippen LogP contribution in [0.25, 0.3) is 0 Å². The van der Waals surface area contributed by atoms with Crippen molar-refractivity contribution in [3.8, 4) is 0 Å². The third-order valence-electron chi connectivity index (χ3n) is 1.99. The molecule has 0 spiro atoms. The van der Waals surface area contributed by atoms with Gasteiger partial charge in [-0.3, -0.25) is 0 Å². The van der Waals surface area contributed by atoms with E-state index in [2.05, 4.69) is 41.5 Å². The molecule has 6 heteroatoms. The lowest BCUT2D eigenvalue weighted by Gasteiger charge is -2.19. The summed E-state index contributed by atoms with van der Waals surface area (Å²) in [6, 6.07) is 1.77. The largest absolute Gasteiger partial charge is 0.377 e. The van der Waals surface area contributed by atoms with Crippen LogP contribution in [0.5, 0.6) is 0 Å². The molecule has 0 saturated heterocycles. The summed E-state index contributed by atoms with van der Waals surface area (Å²) in [5, 5.41) is 3.26. The number of nitrogen functional groups attached to an aromatic ring is 1. The van der Waals surface area contributed by atoms with Crippen molar-refractivity contribution >= 4 is 11.6 Å². The normalized spacial score (nSPS) is 11.4. The smallest absolute Gasteiger partial charge is 0.158 e. The molecular formula is C11H21N5O. The van der Waals surface area contributed by atoms with E-state index in [1.165, 1.54) is 0 Å². The molecule has 1 aromatic rings. The number of ether oxygens (including phenoxy) is 1. The van der Waals surface area contributed by atoms with Crippen LogP contribution in [0.2, 0.25) is 0 Å². The van der Waals surface area contributed by atoms with Crippen LogP contribution in [-0.2, 0) is 11.3 Å². The van der Waals surface area contributed by atoms with Crippen LogP contribution in [0.1, 0.15) is 26.6 Å². The second-order valence-corrected chi connectivity index (χ2v) is 5.05. The Kier molecular flexibility index (Phi) is 4.65. The second kappa shape index (κ2) is 5.79. The number of hydrazine groups is 1. The van der Waals surface area contributed by atoms with Gasteiger partial charge in [0, 0.05) is 19.7 Å². The average Bonchev–Trinajstić information content (AvgIpc) is 2.25. The predicted octanol–water partition coefficient (Wildman–Crippen LogP) is 1.37. The van der Waals surface area contributed by atoms with Crippen molar-refractivity contribution in [2.45, 2.75) is 27.4 Å². The van der Waals surface area contributed by atoms with Gasteiger partial charge >= 0.3 is 0 Å². The molecule has 0 radical (unpaired) electrons. The standard InChI is InChI=1S/C11H21N5O/c1-11(2,3)7-13-8-5-9(16-12)15-10(14-8)6-17-4/h5H,6-7,12H2,1-4H3,(H2,13,14,15,16). The van der Waals surface area contributed by atoms with E-state index < -0.39 is 0 Å². The first kappa shape index (κ1) is 13.7. The summed E-state index contributed by atoms with van der Waals surface area (Å²) in [6.45, 7) is 7.64. The number of rotatable bonds is 5. The van der Waals surface area contributed by atoms with Crippen molar-refractivity contribution in [2.24, 2.45) is 11.3 Å². The maximum atomic E-state index is 5.36. The Bertz CT molecular complexity index is 361. The van der Waals surface area contributed by atoms with Crippen molar-refractivity contribution < 1.29 is 4.74 Å². The summed E-state index contributed by atoms with van der Waals surface area (Å²) in [5.74, 6) is 7.27. The molecule has 1 aromatic heterocycles. The van der Waals surface area contributed by atoms with Gasteiger partial charge in [-0.2, -0.15) is 0 Å². The highest BCUT2D eigenvalue weighted by molar-refractivity contribution is 5.46. The van der Waals surface area contributed by atoms with Crippen LogP contribution < -0.4 is 16.6 Å². The lowest BCUT2D eigenvalue weighted by Crippen LogP contribution is -2.20. The molecule has 0 saturated carbocycles.